The number of carbonyl (C=O) groups is 2. The quantitative estimate of drug-likeness (QED) is 0.404. The van der Waals surface area contributed by atoms with Gasteiger partial charge >= 0.3 is 5.91 Å². The van der Waals surface area contributed by atoms with E-state index in [9.17, 15) is 9.59 Å². The lowest BCUT2D eigenvalue weighted by molar-refractivity contribution is -0.150. The molecule has 0 unspecified atom stereocenters. The van der Waals surface area contributed by atoms with Gasteiger partial charge in [0.1, 0.15) is 0 Å². The Kier molecular flexibility index (Phi) is 3.28. The fraction of sp³-hybridized carbons (Fsp3) is 0.750. The van der Waals surface area contributed by atoms with Gasteiger partial charge in [-0.1, -0.05) is 0 Å². The normalized spacial score (nSPS) is 21.3. The van der Waals surface area contributed by atoms with Crippen molar-refractivity contribution in [2.75, 3.05) is 19.7 Å². The van der Waals surface area contributed by atoms with E-state index in [2.05, 4.69) is 0 Å². The van der Waals surface area contributed by atoms with Crippen LogP contribution in [0.2, 0.25) is 0 Å². The third-order valence-corrected chi connectivity index (χ3v) is 2.34. The van der Waals surface area contributed by atoms with E-state index >= 15 is 0 Å². The molecule has 1 aliphatic rings. The molecule has 1 saturated heterocycles. The van der Waals surface area contributed by atoms with Crippen LogP contribution >= 0.6 is 22.6 Å². The molecule has 0 spiro atoms. The molecule has 5 heteroatoms. The van der Waals surface area contributed by atoms with Crippen molar-refractivity contribution in [1.82, 2.24) is 4.90 Å². The number of halogens is 1. The number of morpholine rings is 1. The third-order valence-electron chi connectivity index (χ3n) is 1.88. The SMILES string of the molecule is CC1(C)CN(C(=O)C(=O)I)CCO1. The number of carbonyl (C=O) groups excluding carboxylic acids is 2. The predicted molar refractivity (Wildman–Crippen MR) is 55.6 cm³/mol. The molecule has 0 aromatic heterocycles. The highest BCUT2D eigenvalue weighted by Crippen LogP contribution is 2.16. The van der Waals surface area contributed by atoms with Crippen LogP contribution in [0.3, 0.4) is 0 Å². The Hall–Kier alpha value is -0.170. The van der Waals surface area contributed by atoms with Crippen LogP contribution in [0, 0.1) is 0 Å². The minimum atomic E-state index is -0.435. The molecule has 0 saturated carbocycles. The highest BCUT2D eigenvalue weighted by atomic mass is 127. The first-order valence-electron chi connectivity index (χ1n) is 4.05. The van der Waals surface area contributed by atoms with Crippen molar-refractivity contribution >= 4 is 32.3 Å². The summed E-state index contributed by atoms with van der Waals surface area (Å²) in [7, 11) is 0. The molecule has 1 fully saturated rings. The first kappa shape index (κ1) is 10.9. The van der Waals surface area contributed by atoms with E-state index in [4.69, 9.17) is 4.74 Å². The van der Waals surface area contributed by atoms with E-state index in [1.54, 1.807) is 0 Å². The molecule has 0 atom stereocenters. The zero-order chi connectivity index (χ0) is 10.1. The first-order chi connectivity index (χ1) is 5.92. The topological polar surface area (TPSA) is 46.6 Å². The van der Waals surface area contributed by atoms with Gasteiger partial charge in [-0.05, 0) is 13.8 Å². The highest BCUT2D eigenvalue weighted by Gasteiger charge is 2.31. The van der Waals surface area contributed by atoms with Crippen LogP contribution in [0.1, 0.15) is 13.8 Å². The van der Waals surface area contributed by atoms with Gasteiger partial charge in [-0.25, -0.2) is 0 Å². The minimum absolute atomic E-state index is 0.333. The van der Waals surface area contributed by atoms with E-state index in [1.807, 2.05) is 13.8 Å². The van der Waals surface area contributed by atoms with E-state index < -0.39 is 9.70 Å². The zero-order valence-electron chi connectivity index (χ0n) is 7.67. The van der Waals surface area contributed by atoms with Crippen molar-refractivity contribution in [2.45, 2.75) is 19.4 Å². The average Bonchev–Trinajstić information content (AvgIpc) is 2.01. The summed E-state index contributed by atoms with van der Waals surface area (Å²) in [6.45, 7) is 5.31. The minimum Gasteiger partial charge on any atom is -0.372 e. The summed E-state index contributed by atoms with van der Waals surface area (Å²) in [6, 6.07) is 0. The lowest BCUT2D eigenvalue weighted by Crippen LogP contribution is -2.51. The van der Waals surface area contributed by atoms with Crippen LogP contribution < -0.4 is 0 Å². The van der Waals surface area contributed by atoms with Gasteiger partial charge in [0, 0.05) is 35.7 Å². The van der Waals surface area contributed by atoms with E-state index in [-0.39, 0.29) is 5.60 Å². The second kappa shape index (κ2) is 3.91. The summed E-state index contributed by atoms with van der Waals surface area (Å²) in [5.41, 5.74) is -0.333. The van der Waals surface area contributed by atoms with Gasteiger partial charge in [-0.2, -0.15) is 0 Å². The first-order valence-corrected chi connectivity index (χ1v) is 5.13. The van der Waals surface area contributed by atoms with Crippen LogP contribution in [-0.2, 0) is 14.3 Å². The zero-order valence-corrected chi connectivity index (χ0v) is 9.83. The molecule has 1 amide bonds. The second-order valence-electron chi connectivity index (χ2n) is 3.61. The Labute approximate surface area is 90.7 Å². The molecule has 0 aromatic carbocycles. The molecule has 0 bridgehead atoms. The Bertz CT molecular complexity index is 240. The Balaban J connectivity index is 2.62. The van der Waals surface area contributed by atoms with Gasteiger partial charge in [-0.3, -0.25) is 9.59 Å². The molecule has 4 nitrogen and oxygen atoms in total. The summed E-state index contributed by atoms with van der Waals surface area (Å²) in [4.78, 5) is 23.6. The second-order valence-corrected chi connectivity index (χ2v) is 4.59. The summed E-state index contributed by atoms with van der Waals surface area (Å²) >= 11 is 1.51. The van der Waals surface area contributed by atoms with Gasteiger partial charge in [0.2, 0.25) is 0 Å². The maximum absolute atomic E-state index is 11.3. The average molecular weight is 297 g/mol. The van der Waals surface area contributed by atoms with Gasteiger partial charge in [0.15, 0.2) is 0 Å². The maximum Gasteiger partial charge on any atom is 0.300 e. The van der Waals surface area contributed by atoms with Crippen LogP contribution in [-0.4, -0.2) is 39.9 Å². The standard InChI is InChI=1S/C8H12INO3/c1-8(2)5-10(3-4-13-8)7(12)6(9)11/h3-5H2,1-2H3. The summed E-state index contributed by atoms with van der Waals surface area (Å²) in [5, 5.41) is 0. The van der Waals surface area contributed by atoms with Crippen molar-refractivity contribution < 1.29 is 14.3 Å². The molecular weight excluding hydrogens is 285 g/mol. The van der Waals surface area contributed by atoms with Gasteiger partial charge < -0.3 is 9.64 Å². The molecule has 0 radical (unpaired) electrons. The van der Waals surface area contributed by atoms with Gasteiger partial charge in [-0.15, -0.1) is 0 Å². The highest BCUT2D eigenvalue weighted by molar-refractivity contribution is 14.1. The van der Waals surface area contributed by atoms with Crippen molar-refractivity contribution in [1.29, 1.82) is 0 Å². The molecule has 1 rings (SSSR count). The van der Waals surface area contributed by atoms with Crippen molar-refractivity contribution in [2.24, 2.45) is 0 Å². The van der Waals surface area contributed by atoms with E-state index in [1.165, 1.54) is 27.5 Å². The molecule has 0 aliphatic carbocycles. The fourth-order valence-corrected chi connectivity index (χ4v) is 1.66. The molecular formula is C8H12INO3. The molecule has 1 aliphatic heterocycles. The number of amides is 1. The smallest absolute Gasteiger partial charge is 0.300 e. The van der Waals surface area contributed by atoms with E-state index in [0.717, 1.165) is 0 Å². The molecule has 13 heavy (non-hydrogen) atoms. The van der Waals surface area contributed by atoms with Crippen LogP contribution in [0.4, 0.5) is 0 Å². The van der Waals surface area contributed by atoms with Crippen molar-refractivity contribution in [3.05, 3.63) is 0 Å². The summed E-state index contributed by atoms with van der Waals surface area (Å²) in [5.74, 6) is -0.419. The molecule has 0 aromatic rings. The molecule has 1 heterocycles. The van der Waals surface area contributed by atoms with Crippen LogP contribution in [0.5, 0.6) is 0 Å². The number of ether oxygens (including phenoxy) is 1. The number of rotatable bonds is 1. The van der Waals surface area contributed by atoms with Gasteiger partial charge in [0.25, 0.3) is 3.79 Å². The summed E-state index contributed by atoms with van der Waals surface area (Å²) < 4.78 is 4.98. The number of hydrogen-bond acceptors (Lipinski definition) is 3. The van der Waals surface area contributed by atoms with Gasteiger partial charge in [0.05, 0.1) is 12.2 Å². The summed E-state index contributed by atoms with van der Waals surface area (Å²) in [6.07, 6.45) is 0. The Morgan fingerprint density at radius 3 is 2.54 bits per heavy atom. The monoisotopic (exact) mass is 297 g/mol. The molecule has 74 valence electrons. The largest absolute Gasteiger partial charge is 0.372 e. The van der Waals surface area contributed by atoms with Crippen LogP contribution in [0.15, 0.2) is 0 Å². The van der Waals surface area contributed by atoms with Crippen LogP contribution in [0.25, 0.3) is 0 Å². The fourth-order valence-electron chi connectivity index (χ4n) is 1.31. The lowest BCUT2D eigenvalue weighted by Gasteiger charge is -2.37. The Morgan fingerprint density at radius 2 is 2.08 bits per heavy atom. The molecule has 0 N–H and O–H groups in total. The third kappa shape index (κ3) is 2.91. The predicted octanol–water partition coefficient (Wildman–Crippen LogP) is 0.585. The Morgan fingerprint density at radius 1 is 1.46 bits per heavy atom. The maximum atomic E-state index is 11.3. The lowest BCUT2D eigenvalue weighted by atomic mass is 10.1. The van der Waals surface area contributed by atoms with Crippen molar-refractivity contribution in [3.8, 4) is 0 Å². The van der Waals surface area contributed by atoms with E-state index in [0.29, 0.717) is 19.7 Å². The number of hydrogen-bond donors (Lipinski definition) is 0. The number of nitrogens with zero attached hydrogens (tertiary/aromatic N) is 1. The van der Waals surface area contributed by atoms with Crippen molar-refractivity contribution in [3.63, 3.8) is 0 Å².